The molecule has 4 saturated carbocycles. The fourth-order valence-electron chi connectivity index (χ4n) is 8.10. The first-order valence-corrected chi connectivity index (χ1v) is 10.5. The SMILES string of the molecule is C[C@]12CC[C@H](O)C[C@@H]1CC[C@@H]1[C@H]2[C@@H](O)C[C@@]2(C)[C@H]1CC[C@]2(O)[C@H](O)CO. The molecule has 0 heterocycles. The fourth-order valence-corrected chi connectivity index (χ4v) is 8.10. The molecule has 0 aromatic rings. The van der Waals surface area contributed by atoms with Crippen molar-refractivity contribution in [2.75, 3.05) is 6.61 Å². The normalized spacial score (nSPS) is 57.8. The number of fused-ring (bicyclic) bond motifs is 5. The predicted octanol–water partition coefficient (Wildman–Crippen LogP) is 1.45. The van der Waals surface area contributed by atoms with E-state index in [0.717, 1.165) is 38.5 Å². The molecule has 4 aliphatic carbocycles. The maximum Gasteiger partial charge on any atom is 0.106 e. The van der Waals surface area contributed by atoms with Crippen molar-refractivity contribution in [2.45, 2.75) is 89.1 Å². The van der Waals surface area contributed by atoms with Crippen molar-refractivity contribution in [3.05, 3.63) is 0 Å². The van der Waals surface area contributed by atoms with E-state index in [-0.39, 0.29) is 23.4 Å². The minimum Gasteiger partial charge on any atom is -0.394 e. The minimum absolute atomic E-state index is 0.0548. The third-order valence-electron chi connectivity index (χ3n) is 9.51. The maximum absolute atomic E-state index is 11.3. The van der Waals surface area contributed by atoms with Crippen LogP contribution in [0.5, 0.6) is 0 Å². The molecule has 0 radical (unpaired) electrons. The molecule has 0 aromatic carbocycles. The summed E-state index contributed by atoms with van der Waals surface area (Å²) in [6.07, 6.45) is 4.70. The van der Waals surface area contributed by atoms with Gasteiger partial charge in [-0.05, 0) is 80.5 Å². The number of rotatable bonds is 2. The van der Waals surface area contributed by atoms with Crippen LogP contribution in [0, 0.1) is 34.5 Å². The van der Waals surface area contributed by atoms with Gasteiger partial charge in [-0.3, -0.25) is 0 Å². The van der Waals surface area contributed by atoms with Crippen LogP contribution >= 0.6 is 0 Å². The highest BCUT2D eigenvalue weighted by molar-refractivity contribution is 5.17. The molecule has 150 valence electrons. The van der Waals surface area contributed by atoms with Gasteiger partial charge in [0.15, 0.2) is 0 Å². The van der Waals surface area contributed by atoms with Gasteiger partial charge >= 0.3 is 0 Å². The maximum atomic E-state index is 11.3. The van der Waals surface area contributed by atoms with E-state index in [1.54, 1.807) is 0 Å². The van der Waals surface area contributed by atoms with Gasteiger partial charge in [0.2, 0.25) is 0 Å². The molecule has 4 fully saturated rings. The zero-order valence-electron chi connectivity index (χ0n) is 16.1. The summed E-state index contributed by atoms with van der Waals surface area (Å²) in [5.74, 6) is 1.29. The molecule has 0 unspecified atom stereocenters. The molecule has 5 nitrogen and oxygen atoms in total. The second-order valence-corrected chi connectivity index (χ2v) is 10.4. The van der Waals surface area contributed by atoms with Gasteiger partial charge in [-0.15, -0.1) is 0 Å². The monoisotopic (exact) mass is 368 g/mol. The van der Waals surface area contributed by atoms with Gasteiger partial charge in [-0.1, -0.05) is 13.8 Å². The molecular formula is C21H36O5. The van der Waals surface area contributed by atoms with E-state index >= 15 is 0 Å². The summed E-state index contributed by atoms with van der Waals surface area (Å²) in [6.45, 7) is 3.89. The molecule has 4 aliphatic rings. The summed E-state index contributed by atoms with van der Waals surface area (Å²) in [4.78, 5) is 0. The molecule has 10 atom stereocenters. The Morgan fingerprint density at radius 2 is 1.77 bits per heavy atom. The molecule has 0 aromatic heterocycles. The molecular weight excluding hydrogens is 332 g/mol. The Bertz CT molecular complexity index is 555. The van der Waals surface area contributed by atoms with Crippen LogP contribution < -0.4 is 0 Å². The van der Waals surface area contributed by atoms with Crippen LogP contribution in [0.15, 0.2) is 0 Å². The van der Waals surface area contributed by atoms with Crippen molar-refractivity contribution >= 4 is 0 Å². The molecule has 0 saturated heterocycles. The third-order valence-corrected chi connectivity index (χ3v) is 9.51. The summed E-state index contributed by atoms with van der Waals surface area (Å²) < 4.78 is 0. The van der Waals surface area contributed by atoms with Crippen molar-refractivity contribution in [3.8, 4) is 0 Å². The van der Waals surface area contributed by atoms with E-state index < -0.39 is 29.8 Å². The van der Waals surface area contributed by atoms with Gasteiger partial charge in [-0.25, -0.2) is 0 Å². The van der Waals surface area contributed by atoms with E-state index in [1.165, 1.54) is 0 Å². The molecule has 4 rings (SSSR count). The lowest BCUT2D eigenvalue weighted by Gasteiger charge is -2.63. The first-order valence-electron chi connectivity index (χ1n) is 10.5. The average Bonchev–Trinajstić information content (AvgIpc) is 2.86. The molecule has 0 spiro atoms. The molecule has 5 heteroatoms. The molecule has 0 bridgehead atoms. The second kappa shape index (κ2) is 6.15. The van der Waals surface area contributed by atoms with E-state index in [0.29, 0.717) is 24.7 Å². The molecule has 5 N–H and O–H groups in total. The molecule has 0 aliphatic heterocycles. The van der Waals surface area contributed by atoms with E-state index in [9.17, 15) is 25.5 Å². The van der Waals surface area contributed by atoms with Crippen molar-refractivity contribution in [2.24, 2.45) is 34.5 Å². The minimum atomic E-state index is -1.32. The fraction of sp³-hybridized carbons (Fsp3) is 1.00. The Morgan fingerprint density at radius 1 is 1.04 bits per heavy atom. The van der Waals surface area contributed by atoms with Gasteiger partial charge in [0, 0.05) is 5.41 Å². The second-order valence-electron chi connectivity index (χ2n) is 10.4. The van der Waals surface area contributed by atoms with Crippen LogP contribution in [-0.4, -0.2) is 56.1 Å². The summed E-state index contributed by atoms with van der Waals surface area (Å²) in [5.41, 5.74) is -1.83. The van der Waals surface area contributed by atoms with Crippen LogP contribution in [0.4, 0.5) is 0 Å². The lowest BCUT2D eigenvalue weighted by atomic mass is 9.43. The molecule has 26 heavy (non-hydrogen) atoms. The third kappa shape index (κ3) is 2.33. The highest BCUT2D eigenvalue weighted by Gasteiger charge is 2.68. The van der Waals surface area contributed by atoms with Crippen molar-refractivity contribution in [1.82, 2.24) is 0 Å². The Kier molecular flexibility index (Phi) is 4.52. The Labute approximate surface area is 156 Å². The topological polar surface area (TPSA) is 101 Å². The summed E-state index contributed by atoms with van der Waals surface area (Å²) in [5, 5.41) is 52.5. The van der Waals surface area contributed by atoms with Crippen molar-refractivity contribution in [3.63, 3.8) is 0 Å². The summed E-state index contributed by atoms with van der Waals surface area (Å²) in [7, 11) is 0. The lowest BCUT2D eigenvalue weighted by molar-refractivity contribution is -0.224. The Hall–Kier alpha value is -0.200. The summed E-state index contributed by atoms with van der Waals surface area (Å²) >= 11 is 0. The van der Waals surface area contributed by atoms with Crippen molar-refractivity contribution in [1.29, 1.82) is 0 Å². The Morgan fingerprint density at radius 3 is 2.46 bits per heavy atom. The molecule has 0 amide bonds. The van der Waals surface area contributed by atoms with Crippen molar-refractivity contribution < 1.29 is 25.5 Å². The first kappa shape index (κ1) is 19.1. The number of hydrogen-bond acceptors (Lipinski definition) is 5. The zero-order chi connectivity index (χ0) is 18.9. The number of hydrogen-bond donors (Lipinski definition) is 5. The smallest absolute Gasteiger partial charge is 0.106 e. The first-order chi connectivity index (χ1) is 12.2. The average molecular weight is 369 g/mol. The predicted molar refractivity (Wildman–Crippen MR) is 97.2 cm³/mol. The van der Waals surface area contributed by atoms with Gasteiger partial charge in [0.1, 0.15) is 6.10 Å². The standard InChI is InChI=1S/C21H36O5/c1-19-7-5-13(23)9-12(19)3-4-14-15-6-8-21(26,17(25)11-22)20(15,2)10-16(24)18(14)19/h12-18,22-26H,3-11H2,1-2H3/t12-,13-,14-,15-,16-,17+,18-,19-,20-,21-/m0/s1. The number of aliphatic hydroxyl groups excluding tert-OH is 4. The zero-order valence-corrected chi connectivity index (χ0v) is 16.1. The Balaban J connectivity index is 1.68. The van der Waals surface area contributed by atoms with Gasteiger partial charge in [0.05, 0.1) is 24.4 Å². The highest BCUT2D eigenvalue weighted by Crippen LogP contribution is 2.68. The van der Waals surface area contributed by atoms with E-state index in [1.807, 2.05) is 6.92 Å². The summed E-state index contributed by atoms with van der Waals surface area (Å²) in [6, 6.07) is 0. The quantitative estimate of drug-likeness (QED) is 0.508. The van der Waals surface area contributed by atoms with Crippen LogP contribution in [0.25, 0.3) is 0 Å². The van der Waals surface area contributed by atoms with Crippen LogP contribution in [-0.2, 0) is 0 Å². The van der Waals surface area contributed by atoms with Gasteiger partial charge < -0.3 is 25.5 Å². The van der Waals surface area contributed by atoms with E-state index in [4.69, 9.17) is 0 Å². The van der Waals surface area contributed by atoms with Crippen LogP contribution in [0.1, 0.15) is 65.2 Å². The van der Waals surface area contributed by atoms with Gasteiger partial charge in [0.25, 0.3) is 0 Å². The van der Waals surface area contributed by atoms with Gasteiger partial charge in [-0.2, -0.15) is 0 Å². The highest BCUT2D eigenvalue weighted by atomic mass is 16.4. The van der Waals surface area contributed by atoms with Crippen LogP contribution in [0.2, 0.25) is 0 Å². The van der Waals surface area contributed by atoms with E-state index in [2.05, 4.69) is 6.92 Å². The van der Waals surface area contributed by atoms with Crippen LogP contribution in [0.3, 0.4) is 0 Å². The lowest BCUT2D eigenvalue weighted by Crippen LogP contribution is -2.64. The number of aliphatic hydroxyl groups is 5. The largest absolute Gasteiger partial charge is 0.394 e.